The zero-order valence-electron chi connectivity index (χ0n) is 22.4. The van der Waals surface area contributed by atoms with Gasteiger partial charge in [0.05, 0.1) is 31.4 Å². The molecular weight excluding hydrogens is 500 g/mol. The maximum Gasteiger partial charge on any atom is 0.295 e. The number of ketones is 1. The Kier molecular flexibility index (Phi) is 8.68. The van der Waals surface area contributed by atoms with Crippen LogP contribution in [0.2, 0.25) is 0 Å². The van der Waals surface area contributed by atoms with Gasteiger partial charge in [-0.05, 0) is 42.3 Å². The van der Waals surface area contributed by atoms with Crippen LogP contribution in [0.5, 0.6) is 17.2 Å². The van der Waals surface area contributed by atoms with Crippen molar-refractivity contribution in [1.29, 1.82) is 0 Å². The minimum absolute atomic E-state index is 0.0572. The van der Waals surface area contributed by atoms with Crippen LogP contribution < -0.4 is 14.2 Å². The summed E-state index contributed by atoms with van der Waals surface area (Å²) in [5.41, 5.74) is 1.16. The number of likely N-dealkylation sites (tertiary alicyclic amines) is 1. The van der Waals surface area contributed by atoms with E-state index in [-0.39, 0.29) is 11.3 Å². The average Bonchev–Trinajstić information content (AvgIpc) is 3.23. The van der Waals surface area contributed by atoms with Crippen LogP contribution in [0.15, 0.2) is 48.0 Å². The molecule has 2 aromatic rings. The first-order chi connectivity index (χ1) is 19.1. The highest BCUT2D eigenvalue weighted by atomic mass is 16.6. The van der Waals surface area contributed by atoms with Crippen molar-refractivity contribution in [2.75, 3.05) is 59.2 Å². The molecule has 0 aliphatic carbocycles. The van der Waals surface area contributed by atoms with E-state index in [0.29, 0.717) is 74.5 Å². The summed E-state index contributed by atoms with van der Waals surface area (Å²) in [4.78, 5) is 30.6. The summed E-state index contributed by atoms with van der Waals surface area (Å²) in [5, 5.41) is 11.5. The quantitative estimate of drug-likeness (QED) is 0.212. The molecule has 5 rings (SSSR count). The Morgan fingerprint density at radius 2 is 1.77 bits per heavy atom. The molecule has 3 heterocycles. The monoisotopic (exact) mass is 536 g/mol. The molecule has 0 saturated carbocycles. The van der Waals surface area contributed by atoms with E-state index in [1.165, 1.54) is 0 Å². The van der Waals surface area contributed by atoms with Gasteiger partial charge in [-0.15, -0.1) is 0 Å². The highest BCUT2D eigenvalue weighted by molar-refractivity contribution is 6.46. The third-order valence-electron chi connectivity index (χ3n) is 7.31. The lowest BCUT2D eigenvalue weighted by Crippen LogP contribution is -2.42. The number of rotatable bonds is 10. The Bertz CT molecular complexity index is 1220. The van der Waals surface area contributed by atoms with Crippen molar-refractivity contribution in [3.05, 3.63) is 59.2 Å². The highest BCUT2D eigenvalue weighted by Gasteiger charge is 2.46. The SMILES string of the molecule is CCCCCOc1cccc([C@@H]2C(=C(O)c3ccc4c(c3)OCCO4)C(=O)C(=O)N2CCN2CCOCC2)c1. The maximum atomic E-state index is 13.5. The predicted molar refractivity (Wildman–Crippen MR) is 145 cm³/mol. The molecule has 39 heavy (non-hydrogen) atoms. The van der Waals surface area contributed by atoms with Gasteiger partial charge < -0.3 is 29.0 Å². The van der Waals surface area contributed by atoms with Crippen LogP contribution >= 0.6 is 0 Å². The van der Waals surface area contributed by atoms with Crippen LogP contribution in [0.1, 0.15) is 43.4 Å². The minimum atomic E-state index is -0.751. The van der Waals surface area contributed by atoms with E-state index in [9.17, 15) is 14.7 Å². The lowest BCUT2D eigenvalue weighted by molar-refractivity contribution is -0.140. The molecular formula is C30H36N2O7. The largest absolute Gasteiger partial charge is 0.507 e. The second-order valence-electron chi connectivity index (χ2n) is 9.93. The van der Waals surface area contributed by atoms with Crippen molar-refractivity contribution in [2.24, 2.45) is 0 Å². The summed E-state index contributed by atoms with van der Waals surface area (Å²) >= 11 is 0. The number of fused-ring (bicyclic) bond motifs is 1. The van der Waals surface area contributed by atoms with Gasteiger partial charge in [0.25, 0.3) is 11.7 Å². The van der Waals surface area contributed by atoms with Gasteiger partial charge in [0.15, 0.2) is 11.5 Å². The second kappa shape index (κ2) is 12.5. The van der Waals surface area contributed by atoms with Crippen molar-refractivity contribution >= 4 is 17.4 Å². The molecule has 0 unspecified atom stereocenters. The standard InChI is InChI=1S/C30H36N2O7/c1-2-3-4-14-37-23-7-5-6-21(19-23)27-26(28(33)22-8-9-24-25(20-22)39-18-17-38-24)29(34)30(35)32(27)11-10-31-12-15-36-16-13-31/h5-9,19-20,27,33H,2-4,10-18H2,1H3/t27-/m1/s1. The number of aliphatic hydroxyl groups excluding tert-OH is 1. The van der Waals surface area contributed by atoms with Crippen LogP contribution in [0, 0.1) is 0 Å². The Morgan fingerprint density at radius 3 is 2.56 bits per heavy atom. The molecule has 0 bridgehead atoms. The number of hydrogen-bond acceptors (Lipinski definition) is 8. The van der Waals surface area contributed by atoms with Crippen LogP contribution in [0.25, 0.3) is 5.76 Å². The fourth-order valence-corrected chi connectivity index (χ4v) is 5.19. The molecule has 2 fully saturated rings. The number of morpholine rings is 1. The Labute approximate surface area is 228 Å². The number of aliphatic hydroxyl groups is 1. The van der Waals surface area contributed by atoms with Crippen molar-refractivity contribution < 1.29 is 33.6 Å². The van der Waals surface area contributed by atoms with Crippen molar-refractivity contribution in [1.82, 2.24) is 9.80 Å². The van der Waals surface area contributed by atoms with Gasteiger partial charge in [0, 0.05) is 31.7 Å². The number of carbonyl (C=O) groups excluding carboxylic acids is 2. The first kappa shape index (κ1) is 27.0. The fourth-order valence-electron chi connectivity index (χ4n) is 5.19. The third-order valence-corrected chi connectivity index (χ3v) is 7.31. The number of benzene rings is 2. The summed E-state index contributed by atoms with van der Waals surface area (Å²) in [6, 6.07) is 11.7. The molecule has 1 atom stereocenters. The van der Waals surface area contributed by atoms with Crippen LogP contribution in [0.4, 0.5) is 0 Å². The predicted octanol–water partition coefficient (Wildman–Crippen LogP) is 3.78. The van der Waals surface area contributed by atoms with Gasteiger partial charge in [-0.3, -0.25) is 14.5 Å². The van der Waals surface area contributed by atoms with Gasteiger partial charge in [-0.2, -0.15) is 0 Å². The van der Waals surface area contributed by atoms with E-state index in [0.717, 1.165) is 32.4 Å². The van der Waals surface area contributed by atoms with E-state index >= 15 is 0 Å². The molecule has 1 amide bonds. The number of Topliss-reactive ketones (excluding diaryl/α,β-unsaturated/α-hetero) is 1. The first-order valence-corrected chi connectivity index (χ1v) is 13.8. The molecule has 1 N–H and O–H groups in total. The molecule has 9 heteroatoms. The molecule has 2 aromatic carbocycles. The Hall–Kier alpha value is -3.56. The average molecular weight is 537 g/mol. The zero-order valence-corrected chi connectivity index (χ0v) is 22.4. The molecule has 3 aliphatic rings. The number of carbonyl (C=O) groups is 2. The number of unbranched alkanes of at least 4 members (excludes halogenated alkanes) is 2. The number of amides is 1. The van der Waals surface area contributed by atoms with Gasteiger partial charge in [-0.25, -0.2) is 0 Å². The lowest BCUT2D eigenvalue weighted by atomic mass is 9.95. The topological polar surface area (TPSA) is 97.8 Å². The summed E-state index contributed by atoms with van der Waals surface area (Å²) in [6.45, 7) is 7.35. The van der Waals surface area contributed by atoms with Crippen LogP contribution in [-0.2, 0) is 14.3 Å². The zero-order chi connectivity index (χ0) is 27.2. The highest BCUT2D eigenvalue weighted by Crippen LogP contribution is 2.41. The summed E-state index contributed by atoms with van der Waals surface area (Å²) in [7, 11) is 0. The smallest absolute Gasteiger partial charge is 0.295 e. The van der Waals surface area contributed by atoms with Crippen LogP contribution in [-0.4, -0.2) is 85.8 Å². The molecule has 3 aliphatic heterocycles. The number of hydrogen-bond donors (Lipinski definition) is 1. The van der Waals surface area contributed by atoms with E-state index in [2.05, 4.69) is 11.8 Å². The number of nitrogens with zero attached hydrogens (tertiary/aromatic N) is 2. The van der Waals surface area contributed by atoms with E-state index in [1.807, 2.05) is 24.3 Å². The third kappa shape index (κ3) is 6.04. The summed E-state index contributed by atoms with van der Waals surface area (Å²) < 4.78 is 22.7. The molecule has 9 nitrogen and oxygen atoms in total. The Morgan fingerprint density at radius 1 is 0.974 bits per heavy atom. The molecule has 208 valence electrons. The number of ether oxygens (including phenoxy) is 4. The van der Waals surface area contributed by atoms with Gasteiger partial charge in [0.1, 0.15) is 24.7 Å². The fraction of sp³-hybridized carbons (Fsp3) is 0.467. The molecule has 0 radical (unpaired) electrons. The minimum Gasteiger partial charge on any atom is -0.507 e. The first-order valence-electron chi connectivity index (χ1n) is 13.8. The van der Waals surface area contributed by atoms with E-state index < -0.39 is 17.7 Å². The summed E-state index contributed by atoms with van der Waals surface area (Å²) in [6.07, 6.45) is 3.13. The van der Waals surface area contributed by atoms with Crippen LogP contribution in [0.3, 0.4) is 0 Å². The lowest BCUT2D eigenvalue weighted by Gasteiger charge is -2.31. The van der Waals surface area contributed by atoms with E-state index in [1.54, 1.807) is 23.1 Å². The maximum absolute atomic E-state index is 13.5. The van der Waals surface area contributed by atoms with Crippen molar-refractivity contribution in [3.63, 3.8) is 0 Å². The van der Waals surface area contributed by atoms with Crippen molar-refractivity contribution in [2.45, 2.75) is 32.2 Å². The Balaban J connectivity index is 1.49. The van der Waals surface area contributed by atoms with Crippen molar-refractivity contribution in [3.8, 4) is 17.2 Å². The normalized spacial score (nSPS) is 20.8. The second-order valence-corrected chi connectivity index (χ2v) is 9.93. The molecule has 0 spiro atoms. The summed E-state index contributed by atoms with van der Waals surface area (Å²) in [5.74, 6) is 0.171. The molecule has 2 saturated heterocycles. The van der Waals surface area contributed by atoms with Gasteiger partial charge in [0.2, 0.25) is 0 Å². The van der Waals surface area contributed by atoms with Gasteiger partial charge in [-0.1, -0.05) is 31.9 Å². The van der Waals surface area contributed by atoms with E-state index in [4.69, 9.17) is 18.9 Å². The van der Waals surface area contributed by atoms with Gasteiger partial charge >= 0.3 is 0 Å². The molecule has 0 aromatic heterocycles.